The predicted octanol–water partition coefficient (Wildman–Crippen LogP) is 3.67. The quantitative estimate of drug-likeness (QED) is 0.844. The lowest BCUT2D eigenvalue weighted by Gasteiger charge is -2.27. The number of benzene rings is 1. The fourth-order valence-corrected chi connectivity index (χ4v) is 2.81. The van der Waals surface area contributed by atoms with Crippen molar-refractivity contribution in [2.75, 3.05) is 36.5 Å². The Morgan fingerprint density at radius 3 is 2.46 bits per heavy atom. The third-order valence-electron chi connectivity index (χ3n) is 3.35. The number of alkyl halides is 3. The molecule has 1 saturated heterocycles. The Morgan fingerprint density at radius 2 is 1.79 bits per heavy atom. The van der Waals surface area contributed by atoms with Gasteiger partial charge in [0.2, 0.25) is 0 Å². The van der Waals surface area contributed by atoms with Gasteiger partial charge in [0.15, 0.2) is 0 Å². The van der Waals surface area contributed by atoms with E-state index in [4.69, 9.17) is 4.74 Å². The first-order valence-corrected chi connectivity index (χ1v) is 8.09. The normalized spacial score (nSPS) is 15.4. The summed E-state index contributed by atoms with van der Waals surface area (Å²) in [5, 5.41) is 3.07. The van der Waals surface area contributed by atoms with Crippen LogP contribution in [0.5, 0.6) is 0 Å². The van der Waals surface area contributed by atoms with E-state index in [0.29, 0.717) is 24.7 Å². The van der Waals surface area contributed by atoms with Gasteiger partial charge in [0.25, 0.3) is 0 Å². The summed E-state index contributed by atoms with van der Waals surface area (Å²) in [6, 6.07) is 7.83. The number of hydrogen-bond acceptors (Lipinski definition) is 6. The zero-order chi connectivity index (χ0) is 17.0. The van der Waals surface area contributed by atoms with E-state index in [1.165, 1.54) is 18.5 Å². The number of halogens is 3. The van der Waals surface area contributed by atoms with Crippen molar-refractivity contribution in [3.63, 3.8) is 0 Å². The minimum atomic E-state index is -4.28. The molecule has 2 heterocycles. The number of nitrogens with one attached hydrogen (secondary N) is 1. The third-order valence-corrected chi connectivity index (χ3v) is 4.09. The summed E-state index contributed by atoms with van der Waals surface area (Å²) in [4.78, 5) is 10.6. The third kappa shape index (κ3) is 4.75. The molecule has 1 N–H and O–H groups in total. The van der Waals surface area contributed by atoms with Crippen molar-refractivity contribution in [3.8, 4) is 0 Å². The van der Waals surface area contributed by atoms with E-state index in [0.717, 1.165) is 18.9 Å². The van der Waals surface area contributed by atoms with Gasteiger partial charge in [-0.25, -0.2) is 9.97 Å². The number of nitrogens with zero attached hydrogens (tertiary/aromatic N) is 3. The maximum Gasteiger partial charge on any atom is 0.446 e. The molecule has 5 nitrogen and oxygen atoms in total. The number of ether oxygens (including phenoxy) is 1. The van der Waals surface area contributed by atoms with Gasteiger partial charge in [-0.2, -0.15) is 13.2 Å². The Balaban J connectivity index is 1.67. The molecule has 0 spiro atoms. The van der Waals surface area contributed by atoms with Gasteiger partial charge in [0.1, 0.15) is 18.0 Å². The topological polar surface area (TPSA) is 50.3 Å². The Kier molecular flexibility index (Phi) is 5.10. The van der Waals surface area contributed by atoms with Crippen molar-refractivity contribution in [2.24, 2.45) is 0 Å². The zero-order valence-corrected chi connectivity index (χ0v) is 13.4. The van der Waals surface area contributed by atoms with Crippen molar-refractivity contribution in [2.45, 2.75) is 10.4 Å². The molecular formula is C15H15F3N4OS. The second kappa shape index (κ2) is 7.27. The zero-order valence-electron chi connectivity index (χ0n) is 12.6. The van der Waals surface area contributed by atoms with Crippen LogP contribution in [-0.2, 0) is 4.74 Å². The van der Waals surface area contributed by atoms with Crippen LogP contribution in [0.4, 0.5) is 30.5 Å². The standard InChI is InChI=1S/C15H15F3N4OS/c16-15(17,18)24-12-3-1-11(2-4-12)21-13-9-14(20-10-19-13)22-5-7-23-8-6-22/h1-4,9-10H,5-8H2,(H,19,20,21). The minimum Gasteiger partial charge on any atom is -0.378 e. The number of thioether (sulfide) groups is 1. The summed E-state index contributed by atoms with van der Waals surface area (Å²) in [5.74, 6) is 1.38. The summed E-state index contributed by atoms with van der Waals surface area (Å²) in [6.07, 6.45) is 1.46. The van der Waals surface area contributed by atoms with E-state index in [9.17, 15) is 13.2 Å². The van der Waals surface area contributed by atoms with E-state index in [1.54, 1.807) is 12.1 Å². The summed E-state index contributed by atoms with van der Waals surface area (Å²) >= 11 is -0.135. The summed E-state index contributed by atoms with van der Waals surface area (Å²) < 4.78 is 42.3. The predicted molar refractivity (Wildman–Crippen MR) is 86.7 cm³/mol. The van der Waals surface area contributed by atoms with E-state index in [-0.39, 0.29) is 16.7 Å². The number of hydrogen-bond donors (Lipinski definition) is 1. The van der Waals surface area contributed by atoms with Gasteiger partial charge in [-0.1, -0.05) is 0 Å². The van der Waals surface area contributed by atoms with Crippen LogP contribution < -0.4 is 10.2 Å². The molecule has 1 aromatic carbocycles. The van der Waals surface area contributed by atoms with E-state index < -0.39 is 5.51 Å². The highest BCUT2D eigenvalue weighted by Gasteiger charge is 2.29. The highest BCUT2D eigenvalue weighted by molar-refractivity contribution is 8.00. The van der Waals surface area contributed by atoms with Gasteiger partial charge in [-0.15, -0.1) is 0 Å². The lowest BCUT2D eigenvalue weighted by molar-refractivity contribution is -0.0328. The molecule has 2 aromatic rings. The van der Waals surface area contributed by atoms with Crippen LogP contribution in [0, 0.1) is 0 Å². The minimum absolute atomic E-state index is 0.135. The summed E-state index contributed by atoms with van der Waals surface area (Å²) in [6.45, 7) is 2.84. The van der Waals surface area contributed by atoms with Crippen LogP contribution >= 0.6 is 11.8 Å². The average molecular weight is 356 g/mol. The second-order valence-corrected chi connectivity index (χ2v) is 6.20. The Morgan fingerprint density at radius 1 is 1.08 bits per heavy atom. The fraction of sp³-hybridized carbons (Fsp3) is 0.333. The molecule has 0 aliphatic carbocycles. The fourth-order valence-electron chi connectivity index (χ4n) is 2.27. The first kappa shape index (κ1) is 16.8. The molecule has 1 fully saturated rings. The summed E-state index contributed by atoms with van der Waals surface area (Å²) in [7, 11) is 0. The molecule has 1 aliphatic heterocycles. The number of rotatable bonds is 4. The van der Waals surface area contributed by atoms with Crippen LogP contribution in [0.15, 0.2) is 41.6 Å². The molecule has 0 atom stereocenters. The maximum atomic E-state index is 12.3. The molecule has 128 valence electrons. The monoisotopic (exact) mass is 356 g/mol. The van der Waals surface area contributed by atoms with Crippen LogP contribution in [0.25, 0.3) is 0 Å². The van der Waals surface area contributed by atoms with Gasteiger partial charge in [0.05, 0.1) is 13.2 Å². The summed E-state index contributed by atoms with van der Waals surface area (Å²) in [5.41, 5.74) is -3.62. The number of aromatic nitrogens is 2. The maximum absolute atomic E-state index is 12.3. The van der Waals surface area contributed by atoms with Crippen LogP contribution in [0.2, 0.25) is 0 Å². The molecule has 0 unspecified atom stereocenters. The molecule has 3 rings (SSSR count). The molecule has 1 aliphatic rings. The van der Waals surface area contributed by atoms with Crippen molar-refractivity contribution in [1.82, 2.24) is 9.97 Å². The largest absolute Gasteiger partial charge is 0.446 e. The first-order valence-electron chi connectivity index (χ1n) is 7.27. The van der Waals surface area contributed by atoms with Crippen LogP contribution in [0.3, 0.4) is 0 Å². The van der Waals surface area contributed by atoms with E-state index >= 15 is 0 Å². The average Bonchev–Trinajstić information content (AvgIpc) is 2.56. The molecule has 0 saturated carbocycles. The molecule has 9 heteroatoms. The van der Waals surface area contributed by atoms with Crippen molar-refractivity contribution in [1.29, 1.82) is 0 Å². The molecule has 0 amide bonds. The molecule has 0 radical (unpaired) electrons. The van der Waals surface area contributed by atoms with Crippen molar-refractivity contribution >= 4 is 29.1 Å². The molecule has 1 aromatic heterocycles. The van der Waals surface area contributed by atoms with Gasteiger partial charge in [-0.3, -0.25) is 0 Å². The number of morpholine rings is 1. The highest BCUT2D eigenvalue weighted by atomic mass is 32.2. The van der Waals surface area contributed by atoms with Gasteiger partial charge in [0, 0.05) is 29.7 Å². The molecule has 0 bridgehead atoms. The number of anilines is 3. The second-order valence-electron chi connectivity index (χ2n) is 5.06. The Hall–Kier alpha value is -2.00. The van der Waals surface area contributed by atoms with Gasteiger partial charge in [-0.05, 0) is 36.0 Å². The smallest absolute Gasteiger partial charge is 0.378 e. The molecular weight excluding hydrogens is 341 g/mol. The Bertz CT molecular complexity index is 675. The molecule has 24 heavy (non-hydrogen) atoms. The SMILES string of the molecule is FC(F)(F)Sc1ccc(Nc2cc(N3CCOCC3)ncn2)cc1. The van der Waals surface area contributed by atoms with Gasteiger partial charge >= 0.3 is 5.51 Å². The lowest BCUT2D eigenvalue weighted by atomic mass is 10.3. The highest BCUT2D eigenvalue weighted by Crippen LogP contribution is 2.37. The Labute approximate surface area is 141 Å². The van der Waals surface area contributed by atoms with Crippen molar-refractivity contribution < 1.29 is 17.9 Å². The lowest BCUT2D eigenvalue weighted by Crippen LogP contribution is -2.36. The van der Waals surface area contributed by atoms with Gasteiger partial charge < -0.3 is 15.0 Å². The van der Waals surface area contributed by atoms with Crippen LogP contribution in [0.1, 0.15) is 0 Å². The van der Waals surface area contributed by atoms with Crippen LogP contribution in [-0.4, -0.2) is 41.8 Å². The first-order chi connectivity index (χ1) is 11.5. The van der Waals surface area contributed by atoms with Crippen molar-refractivity contribution in [3.05, 3.63) is 36.7 Å². The van der Waals surface area contributed by atoms with E-state index in [2.05, 4.69) is 20.2 Å². The van der Waals surface area contributed by atoms with E-state index in [1.807, 2.05) is 6.07 Å².